The van der Waals surface area contributed by atoms with Crippen LogP contribution in [0.5, 0.6) is 0 Å². The maximum Gasteiger partial charge on any atom is 0.339 e. The van der Waals surface area contributed by atoms with Crippen molar-refractivity contribution in [3.8, 4) is 0 Å². The maximum atomic E-state index is 11.1. The van der Waals surface area contributed by atoms with Crippen molar-refractivity contribution in [2.24, 2.45) is 0 Å². The number of hydrogen-bond acceptors (Lipinski definition) is 4. The maximum absolute atomic E-state index is 11.1. The van der Waals surface area contributed by atoms with Crippen molar-refractivity contribution in [2.45, 2.75) is 32.1 Å². The van der Waals surface area contributed by atoms with Gasteiger partial charge in [-0.1, -0.05) is 13.8 Å². The molecule has 0 radical (unpaired) electrons. The van der Waals surface area contributed by atoms with Gasteiger partial charge in [0.15, 0.2) is 0 Å². The minimum atomic E-state index is -0.970. The van der Waals surface area contributed by atoms with Crippen molar-refractivity contribution in [3.05, 3.63) is 23.3 Å². The molecule has 0 spiro atoms. The number of carboxylic acid groups (broad SMARTS) is 1. The van der Waals surface area contributed by atoms with Gasteiger partial charge in [0, 0.05) is 18.7 Å². The number of ether oxygens (including phenoxy) is 1. The fraction of sp³-hybridized carbons (Fsp3) is 0.583. The van der Waals surface area contributed by atoms with E-state index in [0.29, 0.717) is 18.1 Å². The third-order valence-electron chi connectivity index (χ3n) is 2.91. The molecule has 92 valence electrons. The lowest BCUT2D eigenvalue weighted by atomic mass is 10.0. The minimum absolute atomic E-state index is 0.0742. The Labute approximate surface area is 99.9 Å². The highest BCUT2D eigenvalue weighted by atomic mass is 16.5. The van der Waals surface area contributed by atoms with Crippen LogP contribution >= 0.6 is 0 Å². The average molecular weight is 236 g/mol. The molecule has 1 aromatic heterocycles. The summed E-state index contributed by atoms with van der Waals surface area (Å²) >= 11 is 0. The number of carboxylic acids is 1. The van der Waals surface area contributed by atoms with Crippen LogP contribution in [-0.2, 0) is 4.74 Å². The van der Waals surface area contributed by atoms with Crippen LogP contribution in [0.4, 0.5) is 0 Å². The van der Waals surface area contributed by atoms with E-state index < -0.39 is 5.97 Å². The first-order chi connectivity index (χ1) is 8.09. The lowest BCUT2D eigenvalue weighted by Crippen LogP contribution is -2.13. The molecular formula is C12H16N2O3. The fourth-order valence-corrected chi connectivity index (χ4v) is 1.95. The van der Waals surface area contributed by atoms with Gasteiger partial charge >= 0.3 is 5.97 Å². The quantitative estimate of drug-likeness (QED) is 0.866. The fourth-order valence-electron chi connectivity index (χ4n) is 1.95. The molecule has 5 nitrogen and oxygen atoms in total. The van der Waals surface area contributed by atoms with Gasteiger partial charge in [0.05, 0.1) is 17.9 Å². The largest absolute Gasteiger partial charge is 0.478 e. The van der Waals surface area contributed by atoms with E-state index in [4.69, 9.17) is 9.84 Å². The van der Waals surface area contributed by atoms with Crippen LogP contribution < -0.4 is 0 Å². The first-order valence-corrected chi connectivity index (χ1v) is 5.77. The van der Waals surface area contributed by atoms with Crippen molar-refractivity contribution >= 4 is 5.97 Å². The van der Waals surface area contributed by atoms with Crippen molar-refractivity contribution in [1.82, 2.24) is 9.97 Å². The Balaban J connectivity index is 2.37. The molecule has 2 heterocycles. The first-order valence-electron chi connectivity index (χ1n) is 5.77. The lowest BCUT2D eigenvalue weighted by Gasteiger charge is -2.12. The number of nitrogens with zero attached hydrogens (tertiary/aromatic N) is 2. The monoisotopic (exact) mass is 236 g/mol. The van der Waals surface area contributed by atoms with Crippen LogP contribution in [0.1, 0.15) is 54.0 Å². The van der Waals surface area contributed by atoms with Crippen molar-refractivity contribution < 1.29 is 14.6 Å². The summed E-state index contributed by atoms with van der Waals surface area (Å²) in [7, 11) is 0. The van der Waals surface area contributed by atoms with Crippen LogP contribution in [0.2, 0.25) is 0 Å². The van der Waals surface area contributed by atoms with Gasteiger partial charge in [-0.05, 0) is 12.3 Å². The van der Waals surface area contributed by atoms with E-state index >= 15 is 0 Å². The van der Waals surface area contributed by atoms with Gasteiger partial charge in [-0.25, -0.2) is 14.8 Å². The van der Waals surface area contributed by atoms with Crippen molar-refractivity contribution in [3.63, 3.8) is 0 Å². The summed E-state index contributed by atoms with van der Waals surface area (Å²) in [5.41, 5.74) is 0.803. The summed E-state index contributed by atoms with van der Waals surface area (Å²) < 4.78 is 5.29. The second-order valence-corrected chi connectivity index (χ2v) is 4.55. The summed E-state index contributed by atoms with van der Waals surface area (Å²) in [6, 6.07) is 0. The zero-order valence-corrected chi connectivity index (χ0v) is 10.0. The van der Waals surface area contributed by atoms with E-state index in [-0.39, 0.29) is 17.4 Å². The molecular weight excluding hydrogens is 220 g/mol. The first kappa shape index (κ1) is 12.0. The molecule has 2 rings (SSSR count). The normalized spacial score (nSPS) is 19.8. The highest BCUT2D eigenvalue weighted by Gasteiger charge is 2.23. The van der Waals surface area contributed by atoms with Gasteiger partial charge in [0.1, 0.15) is 5.82 Å². The second-order valence-electron chi connectivity index (χ2n) is 4.55. The molecule has 0 saturated carbocycles. The molecule has 5 heteroatoms. The van der Waals surface area contributed by atoms with Gasteiger partial charge in [-0.15, -0.1) is 0 Å². The van der Waals surface area contributed by atoms with E-state index in [1.807, 2.05) is 13.8 Å². The molecule has 1 unspecified atom stereocenters. The molecule has 0 bridgehead atoms. The topological polar surface area (TPSA) is 72.3 Å². The standard InChI is InChI=1S/C12H16N2O3/c1-7(2)10-9(12(15)16)5-13-11(14-10)8-3-4-17-6-8/h5,7-8H,3-4,6H2,1-2H3,(H,15,16). The Hall–Kier alpha value is -1.49. The molecule has 1 atom stereocenters. The summed E-state index contributed by atoms with van der Waals surface area (Å²) in [4.78, 5) is 19.6. The molecule has 1 aromatic rings. The smallest absolute Gasteiger partial charge is 0.339 e. The van der Waals surface area contributed by atoms with Crippen LogP contribution in [0.3, 0.4) is 0 Å². The summed E-state index contributed by atoms with van der Waals surface area (Å²) in [6.07, 6.45) is 2.32. The Bertz CT molecular complexity index is 426. The molecule has 0 aromatic carbocycles. The van der Waals surface area contributed by atoms with E-state index in [1.54, 1.807) is 0 Å². The van der Waals surface area contributed by atoms with E-state index in [0.717, 1.165) is 13.0 Å². The molecule has 0 amide bonds. The number of hydrogen-bond donors (Lipinski definition) is 1. The molecule has 1 saturated heterocycles. The summed E-state index contributed by atoms with van der Waals surface area (Å²) in [5.74, 6) is 0.0136. The third-order valence-corrected chi connectivity index (χ3v) is 2.91. The van der Waals surface area contributed by atoms with Gasteiger partial charge in [0.25, 0.3) is 0 Å². The Morgan fingerprint density at radius 1 is 1.59 bits per heavy atom. The summed E-state index contributed by atoms with van der Waals surface area (Å²) in [6.45, 7) is 5.23. The molecule has 1 fully saturated rings. The predicted molar refractivity (Wildman–Crippen MR) is 61.3 cm³/mol. The van der Waals surface area contributed by atoms with Crippen LogP contribution in [0.15, 0.2) is 6.20 Å². The molecule has 1 N–H and O–H groups in total. The number of rotatable bonds is 3. The average Bonchev–Trinajstić information content (AvgIpc) is 2.81. The van der Waals surface area contributed by atoms with E-state index in [1.165, 1.54) is 6.20 Å². The highest BCUT2D eigenvalue weighted by molar-refractivity contribution is 5.88. The van der Waals surface area contributed by atoms with Crippen LogP contribution in [-0.4, -0.2) is 34.3 Å². The van der Waals surface area contributed by atoms with Crippen LogP contribution in [0.25, 0.3) is 0 Å². The Morgan fingerprint density at radius 2 is 2.35 bits per heavy atom. The zero-order chi connectivity index (χ0) is 12.4. The molecule has 1 aliphatic heterocycles. The molecule has 17 heavy (non-hydrogen) atoms. The van der Waals surface area contributed by atoms with Gasteiger partial charge in [-0.2, -0.15) is 0 Å². The number of carbonyl (C=O) groups is 1. The lowest BCUT2D eigenvalue weighted by molar-refractivity contribution is 0.0694. The van der Waals surface area contributed by atoms with Crippen LogP contribution in [0, 0.1) is 0 Å². The second kappa shape index (κ2) is 4.79. The predicted octanol–water partition coefficient (Wildman–Crippen LogP) is 1.80. The third kappa shape index (κ3) is 2.44. The Morgan fingerprint density at radius 3 is 2.88 bits per heavy atom. The number of aromatic nitrogens is 2. The van der Waals surface area contributed by atoms with Crippen molar-refractivity contribution in [2.75, 3.05) is 13.2 Å². The zero-order valence-electron chi connectivity index (χ0n) is 10.0. The van der Waals surface area contributed by atoms with E-state index in [2.05, 4.69) is 9.97 Å². The number of aromatic carboxylic acids is 1. The van der Waals surface area contributed by atoms with Gasteiger partial charge in [0.2, 0.25) is 0 Å². The van der Waals surface area contributed by atoms with E-state index in [9.17, 15) is 4.79 Å². The SMILES string of the molecule is CC(C)c1nc(C2CCOC2)ncc1C(=O)O. The highest BCUT2D eigenvalue weighted by Crippen LogP contribution is 2.24. The molecule has 0 aliphatic carbocycles. The van der Waals surface area contributed by atoms with Crippen molar-refractivity contribution in [1.29, 1.82) is 0 Å². The van der Waals surface area contributed by atoms with Gasteiger partial charge in [-0.3, -0.25) is 0 Å². The Kier molecular flexibility index (Phi) is 3.38. The molecule has 1 aliphatic rings. The van der Waals surface area contributed by atoms with Gasteiger partial charge < -0.3 is 9.84 Å². The minimum Gasteiger partial charge on any atom is -0.478 e. The summed E-state index contributed by atoms with van der Waals surface area (Å²) in [5, 5.41) is 9.07.